The molecule has 0 saturated heterocycles. The molecule has 4 nitrogen and oxygen atoms in total. The number of anilines is 3. The molecule has 0 unspecified atom stereocenters. The summed E-state index contributed by atoms with van der Waals surface area (Å²) in [5.41, 5.74) is 3.04. The number of nitrogens with one attached hydrogen (secondary N) is 1. The van der Waals surface area contributed by atoms with E-state index in [0.717, 1.165) is 53.1 Å². The molecule has 1 heterocycles. The predicted molar refractivity (Wildman–Crippen MR) is 94.4 cm³/mol. The van der Waals surface area contributed by atoms with Gasteiger partial charge in [-0.25, -0.2) is 4.98 Å². The van der Waals surface area contributed by atoms with E-state index in [1.54, 1.807) is 0 Å². The molecule has 0 bridgehead atoms. The van der Waals surface area contributed by atoms with Crippen LogP contribution < -0.4 is 10.2 Å². The zero-order valence-corrected chi connectivity index (χ0v) is 14.4. The number of nitrogens with zero attached hydrogens (tertiary/aromatic N) is 3. The average molecular weight is 319 g/mol. The van der Waals surface area contributed by atoms with Gasteiger partial charge in [0.15, 0.2) is 0 Å². The highest BCUT2D eigenvalue weighted by Crippen LogP contribution is 2.24. The fourth-order valence-corrected chi connectivity index (χ4v) is 2.41. The van der Waals surface area contributed by atoms with Gasteiger partial charge in [0.25, 0.3) is 0 Å². The van der Waals surface area contributed by atoms with E-state index < -0.39 is 0 Å². The van der Waals surface area contributed by atoms with E-state index in [-0.39, 0.29) is 0 Å². The Bertz CT molecular complexity index is 643. The predicted octanol–water partition coefficient (Wildman–Crippen LogP) is 4.73. The number of hydrogen-bond donors (Lipinski definition) is 1. The Kier molecular flexibility index (Phi) is 5.61. The molecule has 0 atom stereocenters. The molecule has 118 valence electrons. The van der Waals surface area contributed by atoms with E-state index in [0.29, 0.717) is 0 Å². The molecular formula is C17H23ClN4. The molecule has 1 aromatic heterocycles. The molecule has 0 saturated carbocycles. The second-order valence-electron chi connectivity index (χ2n) is 5.55. The van der Waals surface area contributed by atoms with Gasteiger partial charge in [0.2, 0.25) is 5.95 Å². The van der Waals surface area contributed by atoms with Crippen molar-refractivity contribution in [3.8, 4) is 0 Å². The Labute approximate surface area is 137 Å². The Morgan fingerprint density at radius 3 is 2.64 bits per heavy atom. The fourth-order valence-electron chi connectivity index (χ4n) is 2.19. The number of hydrogen-bond acceptors (Lipinski definition) is 4. The lowest BCUT2D eigenvalue weighted by atomic mass is 10.2. The van der Waals surface area contributed by atoms with Crippen molar-refractivity contribution in [3.05, 3.63) is 40.5 Å². The minimum atomic E-state index is 0.738. The molecular weight excluding hydrogens is 296 g/mol. The normalized spacial score (nSPS) is 10.6. The van der Waals surface area contributed by atoms with Crippen molar-refractivity contribution in [2.24, 2.45) is 0 Å². The zero-order chi connectivity index (χ0) is 16.1. The molecule has 1 aromatic carbocycles. The quantitative estimate of drug-likeness (QED) is 0.836. The lowest BCUT2D eigenvalue weighted by Crippen LogP contribution is -2.21. The standard InChI is InChI=1S/C17H23ClN4/c1-5-6-9-22(4)17-19-13(3)11-16(21-17)20-15-8-7-14(18)10-12(15)2/h7-8,10-11H,5-6,9H2,1-4H3,(H,19,20,21). The summed E-state index contributed by atoms with van der Waals surface area (Å²) in [6.07, 6.45) is 2.29. The van der Waals surface area contributed by atoms with Crippen molar-refractivity contribution in [2.75, 3.05) is 23.8 Å². The van der Waals surface area contributed by atoms with Crippen molar-refractivity contribution >= 4 is 29.1 Å². The second kappa shape index (κ2) is 7.45. The molecule has 0 fully saturated rings. The molecule has 1 N–H and O–H groups in total. The van der Waals surface area contributed by atoms with E-state index in [2.05, 4.69) is 27.1 Å². The zero-order valence-electron chi connectivity index (χ0n) is 13.7. The summed E-state index contributed by atoms with van der Waals surface area (Å²) in [5, 5.41) is 4.09. The summed E-state index contributed by atoms with van der Waals surface area (Å²) in [7, 11) is 2.03. The lowest BCUT2D eigenvalue weighted by molar-refractivity contribution is 0.749. The van der Waals surface area contributed by atoms with Crippen LogP contribution in [0, 0.1) is 13.8 Å². The number of aryl methyl sites for hydroxylation is 2. The maximum atomic E-state index is 6.00. The van der Waals surface area contributed by atoms with E-state index >= 15 is 0 Å². The molecule has 22 heavy (non-hydrogen) atoms. The van der Waals surface area contributed by atoms with Crippen LogP contribution in [0.3, 0.4) is 0 Å². The monoisotopic (exact) mass is 318 g/mol. The molecule has 2 rings (SSSR count). The average Bonchev–Trinajstić information content (AvgIpc) is 2.47. The van der Waals surface area contributed by atoms with Crippen LogP contribution in [0.1, 0.15) is 31.0 Å². The van der Waals surface area contributed by atoms with Crippen molar-refractivity contribution in [2.45, 2.75) is 33.6 Å². The second-order valence-corrected chi connectivity index (χ2v) is 5.99. The third kappa shape index (κ3) is 4.34. The summed E-state index contributed by atoms with van der Waals surface area (Å²) in [5.74, 6) is 1.55. The summed E-state index contributed by atoms with van der Waals surface area (Å²) in [6, 6.07) is 7.73. The SMILES string of the molecule is CCCCN(C)c1nc(C)cc(Nc2ccc(Cl)cc2C)n1. The number of benzene rings is 1. The van der Waals surface area contributed by atoms with E-state index in [1.165, 1.54) is 0 Å². The van der Waals surface area contributed by atoms with Gasteiger partial charge in [-0.05, 0) is 44.0 Å². The first-order chi connectivity index (χ1) is 10.5. The summed E-state index contributed by atoms with van der Waals surface area (Å²) in [4.78, 5) is 11.2. The van der Waals surface area contributed by atoms with Gasteiger partial charge in [0.05, 0.1) is 0 Å². The lowest BCUT2D eigenvalue weighted by Gasteiger charge is -2.18. The van der Waals surface area contributed by atoms with Gasteiger partial charge in [-0.3, -0.25) is 0 Å². The number of rotatable bonds is 6. The van der Waals surface area contributed by atoms with Crippen LogP contribution in [-0.4, -0.2) is 23.6 Å². The molecule has 0 radical (unpaired) electrons. The van der Waals surface area contributed by atoms with Crippen LogP contribution in [0.5, 0.6) is 0 Å². The van der Waals surface area contributed by atoms with Gasteiger partial charge in [0.1, 0.15) is 5.82 Å². The van der Waals surface area contributed by atoms with Crippen molar-refractivity contribution in [1.82, 2.24) is 9.97 Å². The topological polar surface area (TPSA) is 41.1 Å². The first-order valence-corrected chi connectivity index (χ1v) is 7.97. The summed E-state index contributed by atoms with van der Waals surface area (Å²) >= 11 is 6.00. The van der Waals surface area contributed by atoms with E-state index in [9.17, 15) is 0 Å². The van der Waals surface area contributed by atoms with Crippen molar-refractivity contribution in [3.63, 3.8) is 0 Å². The third-order valence-corrected chi connectivity index (χ3v) is 3.72. The van der Waals surface area contributed by atoms with Crippen LogP contribution in [0.25, 0.3) is 0 Å². The van der Waals surface area contributed by atoms with Crippen LogP contribution in [-0.2, 0) is 0 Å². The highest BCUT2D eigenvalue weighted by Gasteiger charge is 2.08. The molecule has 0 aliphatic rings. The fraction of sp³-hybridized carbons (Fsp3) is 0.412. The van der Waals surface area contributed by atoms with Gasteiger partial charge >= 0.3 is 0 Å². The first kappa shape index (κ1) is 16.6. The van der Waals surface area contributed by atoms with Crippen LogP contribution in [0.4, 0.5) is 17.5 Å². The summed E-state index contributed by atoms with van der Waals surface area (Å²) < 4.78 is 0. The van der Waals surface area contributed by atoms with Crippen molar-refractivity contribution < 1.29 is 0 Å². The van der Waals surface area contributed by atoms with Crippen LogP contribution in [0.2, 0.25) is 5.02 Å². The Hall–Kier alpha value is -1.81. The maximum absolute atomic E-state index is 6.00. The smallest absolute Gasteiger partial charge is 0.227 e. The first-order valence-electron chi connectivity index (χ1n) is 7.59. The van der Waals surface area contributed by atoms with Gasteiger partial charge in [-0.15, -0.1) is 0 Å². The molecule has 2 aromatic rings. The maximum Gasteiger partial charge on any atom is 0.227 e. The Morgan fingerprint density at radius 2 is 1.95 bits per heavy atom. The molecule has 0 amide bonds. The summed E-state index contributed by atoms with van der Waals surface area (Å²) in [6.45, 7) is 7.15. The molecule has 5 heteroatoms. The van der Waals surface area contributed by atoms with Gasteiger partial charge < -0.3 is 10.2 Å². The van der Waals surface area contributed by atoms with Gasteiger partial charge in [0, 0.05) is 36.1 Å². The van der Waals surface area contributed by atoms with Crippen LogP contribution >= 0.6 is 11.6 Å². The highest BCUT2D eigenvalue weighted by atomic mass is 35.5. The number of aromatic nitrogens is 2. The minimum Gasteiger partial charge on any atom is -0.344 e. The van der Waals surface area contributed by atoms with Gasteiger partial charge in [-0.2, -0.15) is 4.98 Å². The third-order valence-electron chi connectivity index (χ3n) is 3.48. The number of halogens is 1. The van der Waals surface area contributed by atoms with Crippen molar-refractivity contribution in [1.29, 1.82) is 0 Å². The Morgan fingerprint density at radius 1 is 1.18 bits per heavy atom. The molecule has 0 aliphatic carbocycles. The number of unbranched alkanes of at least 4 members (excludes halogenated alkanes) is 1. The van der Waals surface area contributed by atoms with Gasteiger partial charge in [-0.1, -0.05) is 24.9 Å². The van der Waals surface area contributed by atoms with Crippen LogP contribution in [0.15, 0.2) is 24.3 Å². The Balaban J connectivity index is 2.22. The minimum absolute atomic E-state index is 0.738. The molecule has 0 aliphatic heterocycles. The van der Waals surface area contributed by atoms with E-state index in [1.807, 2.05) is 45.2 Å². The highest BCUT2D eigenvalue weighted by molar-refractivity contribution is 6.30. The van der Waals surface area contributed by atoms with E-state index in [4.69, 9.17) is 11.6 Å². The largest absolute Gasteiger partial charge is 0.344 e. The molecule has 0 spiro atoms.